The van der Waals surface area contributed by atoms with Crippen molar-refractivity contribution in [2.24, 2.45) is 0 Å². The van der Waals surface area contributed by atoms with Crippen LogP contribution in [-0.4, -0.2) is 50.1 Å². The van der Waals surface area contributed by atoms with E-state index in [0.29, 0.717) is 39.1 Å². The molecule has 0 bridgehead atoms. The Bertz CT molecular complexity index is 508. The number of likely N-dealkylation sites (tertiary alicyclic amines) is 1. The molecule has 1 fully saturated rings. The van der Waals surface area contributed by atoms with E-state index in [9.17, 15) is 9.59 Å². The summed E-state index contributed by atoms with van der Waals surface area (Å²) in [5.74, 6) is -0.149. The summed E-state index contributed by atoms with van der Waals surface area (Å²) in [4.78, 5) is 26.2. The third-order valence-electron chi connectivity index (χ3n) is 4.35. The quantitative estimate of drug-likeness (QED) is 0.834. The van der Waals surface area contributed by atoms with Gasteiger partial charge in [-0.3, -0.25) is 14.5 Å². The van der Waals surface area contributed by atoms with Gasteiger partial charge in [0.1, 0.15) is 0 Å². The van der Waals surface area contributed by atoms with Gasteiger partial charge in [-0.15, -0.1) is 0 Å². The van der Waals surface area contributed by atoms with Crippen molar-refractivity contribution in [1.29, 1.82) is 0 Å². The molecule has 1 aromatic carbocycles. The fraction of sp³-hybridized carbons (Fsp3) is 0.529. The zero-order chi connectivity index (χ0) is 16.0. The van der Waals surface area contributed by atoms with Gasteiger partial charge in [-0.25, -0.2) is 0 Å². The Labute approximate surface area is 131 Å². The van der Waals surface area contributed by atoms with Crippen LogP contribution in [-0.2, 0) is 19.7 Å². The van der Waals surface area contributed by atoms with Crippen molar-refractivity contribution in [2.75, 3.05) is 33.3 Å². The number of hydrogen-bond acceptors (Lipinski definition) is 4. The third-order valence-corrected chi connectivity index (χ3v) is 4.35. The monoisotopic (exact) mass is 304 g/mol. The molecule has 5 nitrogen and oxygen atoms in total. The van der Waals surface area contributed by atoms with Gasteiger partial charge >= 0.3 is 5.97 Å². The first-order chi connectivity index (χ1) is 10.6. The van der Waals surface area contributed by atoms with Gasteiger partial charge < -0.3 is 10.1 Å². The highest BCUT2D eigenvalue weighted by Crippen LogP contribution is 2.36. The summed E-state index contributed by atoms with van der Waals surface area (Å²) in [5, 5.41) is 2.64. The number of likely N-dealkylation sites (N-methyl/N-ethyl adjacent to an activating group) is 1. The minimum absolute atomic E-state index is 0.00310. The van der Waals surface area contributed by atoms with Crippen LogP contribution in [0.5, 0.6) is 0 Å². The van der Waals surface area contributed by atoms with Crippen LogP contribution in [0.4, 0.5) is 0 Å². The highest BCUT2D eigenvalue weighted by atomic mass is 16.5. The van der Waals surface area contributed by atoms with E-state index in [4.69, 9.17) is 4.74 Å². The molecule has 0 spiro atoms. The number of carbonyl (C=O) groups is 2. The number of esters is 1. The molecule has 22 heavy (non-hydrogen) atoms. The lowest BCUT2D eigenvalue weighted by Crippen LogP contribution is -2.50. The topological polar surface area (TPSA) is 58.6 Å². The van der Waals surface area contributed by atoms with Gasteiger partial charge in [0, 0.05) is 20.1 Å². The van der Waals surface area contributed by atoms with E-state index in [1.165, 1.54) is 0 Å². The number of benzene rings is 1. The molecule has 2 rings (SSSR count). The van der Waals surface area contributed by atoms with Crippen molar-refractivity contribution in [3.8, 4) is 0 Å². The Morgan fingerprint density at radius 3 is 2.41 bits per heavy atom. The van der Waals surface area contributed by atoms with Crippen LogP contribution in [0.3, 0.4) is 0 Å². The molecule has 1 heterocycles. The van der Waals surface area contributed by atoms with E-state index >= 15 is 0 Å². The molecule has 0 unspecified atom stereocenters. The lowest BCUT2D eigenvalue weighted by molar-refractivity contribution is -0.152. The lowest BCUT2D eigenvalue weighted by Gasteiger charge is -2.40. The Morgan fingerprint density at radius 1 is 1.23 bits per heavy atom. The van der Waals surface area contributed by atoms with E-state index in [1.54, 1.807) is 7.05 Å². The van der Waals surface area contributed by atoms with Crippen LogP contribution >= 0.6 is 0 Å². The first-order valence-electron chi connectivity index (χ1n) is 7.78. The number of rotatable bonds is 5. The van der Waals surface area contributed by atoms with E-state index < -0.39 is 5.41 Å². The molecule has 120 valence electrons. The van der Waals surface area contributed by atoms with Crippen LogP contribution in [0.2, 0.25) is 0 Å². The van der Waals surface area contributed by atoms with Crippen LogP contribution in [0.15, 0.2) is 30.3 Å². The van der Waals surface area contributed by atoms with Crippen LogP contribution in [0, 0.1) is 0 Å². The second-order valence-electron chi connectivity index (χ2n) is 5.62. The average molecular weight is 304 g/mol. The molecule has 1 saturated heterocycles. The second kappa shape index (κ2) is 7.40. The zero-order valence-corrected chi connectivity index (χ0v) is 13.3. The largest absolute Gasteiger partial charge is 0.465 e. The van der Waals surface area contributed by atoms with Crippen molar-refractivity contribution in [3.05, 3.63) is 35.9 Å². The van der Waals surface area contributed by atoms with E-state index in [2.05, 4.69) is 10.2 Å². The number of carbonyl (C=O) groups excluding carboxylic acids is 2. The Balaban J connectivity index is 2.16. The Hall–Kier alpha value is -1.88. The molecule has 1 N–H and O–H groups in total. The number of hydrogen-bond donors (Lipinski definition) is 1. The second-order valence-corrected chi connectivity index (χ2v) is 5.62. The molecule has 1 amide bonds. The van der Waals surface area contributed by atoms with Gasteiger partial charge in [0.15, 0.2) is 0 Å². The van der Waals surface area contributed by atoms with Crippen molar-refractivity contribution in [2.45, 2.75) is 25.2 Å². The lowest BCUT2D eigenvalue weighted by atomic mass is 9.72. The molecular weight excluding hydrogens is 280 g/mol. The minimum Gasteiger partial charge on any atom is -0.465 e. The minimum atomic E-state index is -0.587. The summed E-state index contributed by atoms with van der Waals surface area (Å²) < 4.78 is 5.34. The van der Waals surface area contributed by atoms with Crippen molar-refractivity contribution >= 4 is 11.9 Å². The summed E-state index contributed by atoms with van der Waals surface area (Å²) in [7, 11) is 1.64. The Kier molecular flexibility index (Phi) is 5.55. The molecule has 0 saturated carbocycles. The van der Waals surface area contributed by atoms with E-state index in [1.807, 2.05) is 37.3 Å². The summed E-state index contributed by atoms with van der Waals surface area (Å²) in [5.41, 5.74) is 0.421. The number of piperidine rings is 1. The number of amides is 1. The van der Waals surface area contributed by atoms with Gasteiger partial charge in [0.05, 0.1) is 18.6 Å². The highest BCUT2D eigenvalue weighted by Gasteiger charge is 2.44. The standard InChI is InChI=1S/C17H24N2O3/c1-3-22-16(21)17(14-7-5-4-6-8-14)9-11-19(12-10-17)13-15(20)18-2/h4-8H,3,9-13H2,1-2H3,(H,18,20). The zero-order valence-electron chi connectivity index (χ0n) is 13.3. The Morgan fingerprint density at radius 2 is 1.86 bits per heavy atom. The number of ether oxygens (including phenoxy) is 1. The summed E-state index contributed by atoms with van der Waals surface area (Å²) in [6, 6.07) is 9.83. The predicted octanol–water partition coefficient (Wildman–Crippen LogP) is 1.33. The summed E-state index contributed by atoms with van der Waals surface area (Å²) >= 11 is 0. The number of nitrogens with zero attached hydrogens (tertiary/aromatic N) is 1. The van der Waals surface area contributed by atoms with Gasteiger partial charge in [-0.05, 0) is 25.3 Å². The van der Waals surface area contributed by atoms with Crippen molar-refractivity contribution in [1.82, 2.24) is 10.2 Å². The fourth-order valence-electron chi connectivity index (χ4n) is 3.01. The molecule has 0 radical (unpaired) electrons. The van der Waals surface area contributed by atoms with Crippen LogP contribution < -0.4 is 5.32 Å². The van der Waals surface area contributed by atoms with Gasteiger partial charge in [0.25, 0.3) is 0 Å². The molecule has 0 aromatic heterocycles. The van der Waals surface area contributed by atoms with Crippen molar-refractivity contribution in [3.63, 3.8) is 0 Å². The summed E-state index contributed by atoms with van der Waals surface area (Å²) in [6.45, 7) is 4.01. The molecule has 1 aliphatic rings. The first kappa shape index (κ1) is 16.5. The molecule has 1 aromatic rings. The maximum atomic E-state index is 12.6. The molecule has 0 atom stereocenters. The maximum absolute atomic E-state index is 12.6. The molecule has 0 aliphatic carbocycles. The fourth-order valence-corrected chi connectivity index (χ4v) is 3.01. The van der Waals surface area contributed by atoms with Crippen molar-refractivity contribution < 1.29 is 14.3 Å². The van der Waals surface area contributed by atoms with Gasteiger partial charge in [-0.1, -0.05) is 30.3 Å². The van der Waals surface area contributed by atoms with Crippen LogP contribution in [0.25, 0.3) is 0 Å². The van der Waals surface area contributed by atoms with Gasteiger partial charge in [0.2, 0.25) is 5.91 Å². The average Bonchev–Trinajstić information content (AvgIpc) is 2.56. The van der Waals surface area contributed by atoms with Crippen LogP contribution in [0.1, 0.15) is 25.3 Å². The van der Waals surface area contributed by atoms with E-state index in [0.717, 1.165) is 5.56 Å². The summed E-state index contributed by atoms with van der Waals surface area (Å²) in [6.07, 6.45) is 1.35. The normalized spacial score (nSPS) is 17.7. The SMILES string of the molecule is CCOC(=O)C1(c2ccccc2)CCN(CC(=O)NC)CC1. The maximum Gasteiger partial charge on any atom is 0.316 e. The smallest absolute Gasteiger partial charge is 0.316 e. The number of nitrogens with one attached hydrogen (secondary N) is 1. The first-order valence-corrected chi connectivity index (χ1v) is 7.78. The van der Waals surface area contributed by atoms with Gasteiger partial charge in [-0.2, -0.15) is 0 Å². The van der Waals surface area contributed by atoms with E-state index in [-0.39, 0.29) is 11.9 Å². The molecule has 1 aliphatic heterocycles. The molecule has 5 heteroatoms. The molecular formula is C17H24N2O3. The predicted molar refractivity (Wildman–Crippen MR) is 84.5 cm³/mol. The highest BCUT2D eigenvalue weighted by molar-refractivity contribution is 5.83. The third kappa shape index (κ3) is 3.47.